The number of benzene rings is 1. The lowest BCUT2D eigenvalue weighted by Crippen LogP contribution is -2.13. The van der Waals surface area contributed by atoms with Crippen LogP contribution in [-0.4, -0.2) is 13.1 Å². The molecule has 1 aromatic rings. The van der Waals surface area contributed by atoms with Crippen molar-refractivity contribution in [1.82, 2.24) is 5.32 Å². The van der Waals surface area contributed by atoms with Crippen LogP contribution in [0.3, 0.4) is 0 Å². The first-order chi connectivity index (χ1) is 7.83. The van der Waals surface area contributed by atoms with Crippen LogP contribution >= 0.6 is 0 Å². The van der Waals surface area contributed by atoms with Gasteiger partial charge in [0.05, 0.1) is 0 Å². The molecule has 0 saturated carbocycles. The van der Waals surface area contributed by atoms with Crippen LogP contribution in [0.5, 0.6) is 0 Å². The van der Waals surface area contributed by atoms with Gasteiger partial charge < -0.3 is 5.32 Å². The van der Waals surface area contributed by atoms with Crippen molar-refractivity contribution in [2.24, 2.45) is 0 Å². The summed E-state index contributed by atoms with van der Waals surface area (Å²) in [6.07, 6.45) is 6.09. The predicted octanol–water partition coefficient (Wildman–Crippen LogP) is 3.54. The molecule has 16 heavy (non-hydrogen) atoms. The second kappa shape index (κ2) is 8.28. The van der Waals surface area contributed by atoms with E-state index in [1.165, 1.54) is 31.2 Å². The fourth-order valence-electron chi connectivity index (χ4n) is 1.76. The molecule has 1 aromatic carbocycles. The fourth-order valence-corrected chi connectivity index (χ4v) is 1.76. The zero-order chi connectivity index (χ0) is 11.6. The van der Waals surface area contributed by atoms with E-state index in [1.807, 2.05) is 12.1 Å². The third-order valence-corrected chi connectivity index (χ3v) is 2.73. The molecule has 0 heterocycles. The summed E-state index contributed by atoms with van der Waals surface area (Å²) in [6, 6.07) is 6.85. The number of rotatable bonds is 8. The van der Waals surface area contributed by atoms with Crippen LogP contribution < -0.4 is 5.32 Å². The molecule has 1 rings (SSSR count). The summed E-state index contributed by atoms with van der Waals surface area (Å²) in [4.78, 5) is 0. The van der Waals surface area contributed by atoms with Crippen molar-refractivity contribution in [3.05, 3.63) is 35.6 Å². The van der Waals surface area contributed by atoms with Crippen molar-refractivity contribution in [3.8, 4) is 0 Å². The quantitative estimate of drug-likeness (QED) is 0.665. The van der Waals surface area contributed by atoms with Crippen molar-refractivity contribution in [1.29, 1.82) is 0 Å². The molecular formula is C14H22FN. The molecule has 0 aromatic heterocycles. The van der Waals surface area contributed by atoms with Gasteiger partial charge in [0, 0.05) is 0 Å². The van der Waals surface area contributed by atoms with Crippen LogP contribution in [0.25, 0.3) is 0 Å². The summed E-state index contributed by atoms with van der Waals surface area (Å²) >= 11 is 0. The SMILES string of the molecule is CCNCCCCCCc1ccc(F)cc1. The standard InChI is InChI=1S/C14H22FN/c1-2-16-12-6-4-3-5-7-13-8-10-14(15)11-9-13/h8-11,16H,2-7,12H2,1H3. The Labute approximate surface area is 98.1 Å². The van der Waals surface area contributed by atoms with E-state index in [2.05, 4.69) is 12.2 Å². The lowest BCUT2D eigenvalue weighted by molar-refractivity contribution is 0.597. The molecule has 2 heteroatoms. The summed E-state index contributed by atoms with van der Waals surface area (Å²) in [6.45, 7) is 4.33. The van der Waals surface area contributed by atoms with Gasteiger partial charge in [-0.3, -0.25) is 0 Å². The normalized spacial score (nSPS) is 10.6. The van der Waals surface area contributed by atoms with E-state index in [-0.39, 0.29) is 5.82 Å². The Morgan fingerprint density at radius 1 is 1.00 bits per heavy atom. The number of hydrogen-bond donors (Lipinski definition) is 1. The first-order valence-corrected chi connectivity index (χ1v) is 6.28. The van der Waals surface area contributed by atoms with Crippen molar-refractivity contribution in [2.75, 3.05) is 13.1 Å². The van der Waals surface area contributed by atoms with Crippen molar-refractivity contribution < 1.29 is 4.39 Å². The van der Waals surface area contributed by atoms with Gasteiger partial charge in [-0.15, -0.1) is 0 Å². The predicted molar refractivity (Wildman–Crippen MR) is 67.1 cm³/mol. The number of nitrogens with one attached hydrogen (secondary N) is 1. The summed E-state index contributed by atoms with van der Waals surface area (Å²) < 4.78 is 12.6. The second-order valence-electron chi connectivity index (χ2n) is 4.14. The lowest BCUT2D eigenvalue weighted by Gasteiger charge is -2.03. The van der Waals surface area contributed by atoms with Gasteiger partial charge in [-0.1, -0.05) is 31.9 Å². The zero-order valence-corrected chi connectivity index (χ0v) is 10.1. The molecule has 0 amide bonds. The van der Waals surface area contributed by atoms with Gasteiger partial charge in [0.15, 0.2) is 0 Å². The Bertz CT molecular complexity index is 269. The minimum atomic E-state index is -0.144. The number of hydrogen-bond acceptors (Lipinski definition) is 1. The van der Waals surface area contributed by atoms with Gasteiger partial charge in [0.25, 0.3) is 0 Å². The highest BCUT2D eigenvalue weighted by Crippen LogP contribution is 2.08. The molecule has 0 fully saturated rings. The zero-order valence-electron chi connectivity index (χ0n) is 10.1. The van der Waals surface area contributed by atoms with Crippen LogP contribution in [0, 0.1) is 5.82 Å². The summed E-state index contributed by atoms with van der Waals surface area (Å²) in [5.74, 6) is -0.144. The smallest absolute Gasteiger partial charge is 0.123 e. The topological polar surface area (TPSA) is 12.0 Å². The monoisotopic (exact) mass is 223 g/mol. The number of unbranched alkanes of at least 4 members (excludes halogenated alkanes) is 3. The van der Waals surface area contributed by atoms with Crippen LogP contribution in [0.2, 0.25) is 0 Å². The lowest BCUT2D eigenvalue weighted by atomic mass is 10.1. The molecule has 0 aliphatic rings. The Morgan fingerprint density at radius 2 is 1.69 bits per heavy atom. The maximum Gasteiger partial charge on any atom is 0.123 e. The minimum absolute atomic E-state index is 0.144. The third-order valence-electron chi connectivity index (χ3n) is 2.73. The Kier molecular flexibility index (Phi) is 6.82. The first kappa shape index (κ1) is 13.2. The highest BCUT2D eigenvalue weighted by atomic mass is 19.1. The average molecular weight is 223 g/mol. The molecule has 0 aliphatic carbocycles. The Balaban J connectivity index is 2.01. The van der Waals surface area contributed by atoms with Gasteiger partial charge in [0.2, 0.25) is 0 Å². The second-order valence-corrected chi connectivity index (χ2v) is 4.14. The van der Waals surface area contributed by atoms with Crippen LogP contribution in [0.15, 0.2) is 24.3 Å². The molecule has 0 aliphatic heterocycles. The Hall–Kier alpha value is -0.890. The van der Waals surface area contributed by atoms with E-state index in [0.29, 0.717) is 0 Å². The van der Waals surface area contributed by atoms with Gasteiger partial charge in [-0.05, 0) is 50.0 Å². The maximum absolute atomic E-state index is 12.6. The van der Waals surface area contributed by atoms with Gasteiger partial charge in [0.1, 0.15) is 5.82 Å². The highest BCUT2D eigenvalue weighted by Gasteiger charge is 1.94. The molecule has 0 spiro atoms. The van der Waals surface area contributed by atoms with E-state index >= 15 is 0 Å². The van der Waals surface area contributed by atoms with E-state index in [4.69, 9.17) is 0 Å². The summed E-state index contributed by atoms with van der Waals surface area (Å²) in [7, 11) is 0. The van der Waals surface area contributed by atoms with E-state index in [1.54, 1.807) is 12.1 Å². The molecule has 1 nitrogen and oxygen atoms in total. The van der Waals surface area contributed by atoms with Crippen LogP contribution in [0.1, 0.15) is 38.2 Å². The van der Waals surface area contributed by atoms with Crippen LogP contribution in [0.4, 0.5) is 4.39 Å². The minimum Gasteiger partial charge on any atom is -0.317 e. The van der Waals surface area contributed by atoms with Crippen LogP contribution in [-0.2, 0) is 6.42 Å². The van der Waals surface area contributed by atoms with Gasteiger partial charge >= 0.3 is 0 Å². The van der Waals surface area contributed by atoms with Gasteiger partial charge in [-0.2, -0.15) is 0 Å². The molecule has 1 N–H and O–H groups in total. The number of halogens is 1. The molecule has 0 radical (unpaired) electrons. The van der Waals surface area contributed by atoms with E-state index < -0.39 is 0 Å². The molecular weight excluding hydrogens is 201 g/mol. The van der Waals surface area contributed by atoms with E-state index in [0.717, 1.165) is 19.5 Å². The average Bonchev–Trinajstić information content (AvgIpc) is 2.30. The van der Waals surface area contributed by atoms with Gasteiger partial charge in [-0.25, -0.2) is 4.39 Å². The van der Waals surface area contributed by atoms with Crippen molar-refractivity contribution in [2.45, 2.75) is 39.0 Å². The number of aryl methyl sites for hydroxylation is 1. The maximum atomic E-state index is 12.6. The first-order valence-electron chi connectivity index (χ1n) is 6.28. The Morgan fingerprint density at radius 3 is 2.38 bits per heavy atom. The molecule has 90 valence electrons. The third kappa shape index (κ3) is 5.86. The molecule has 0 unspecified atom stereocenters. The highest BCUT2D eigenvalue weighted by molar-refractivity contribution is 5.15. The molecule has 0 atom stereocenters. The summed E-state index contributed by atoms with van der Waals surface area (Å²) in [5, 5.41) is 3.32. The summed E-state index contributed by atoms with van der Waals surface area (Å²) in [5.41, 5.74) is 1.24. The van der Waals surface area contributed by atoms with Crippen molar-refractivity contribution in [3.63, 3.8) is 0 Å². The molecule has 0 bridgehead atoms. The van der Waals surface area contributed by atoms with E-state index in [9.17, 15) is 4.39 Å². The molecule has 0 saturated heterocycles. The fraction of sp³-hybridized carbons (Fsp3) is 0.571. The van der Waals surface area contributed by atoms with Crippen molar-refractivity contribution >= 4 is 0 Å². The largest absolute Gasteiger partial charge is 0.317 e.